The van der Waals surface area contributed by atoms with Crippen LogP contribution in [-0.4, -0.2) is 29.2 Å². The van der Waals surface area contributed by atoms with Crippen LogP contribution in [0.3, 0.4) is 0 Å². The number of aromatic amines is 1. The summed E-state index contributed by atoms with van der Waals surface area (Å²) in [5, 5.41) is 14.8. The van der Waals surface area contributed by atoms with Crippen molar-refractivity contribution in [3.8, 4) is 11.5 Å². The highest BCUT2D eigenvalue weighted by molar-refractivity contribution is 6.30. The van der Waals surface area contributed by atoms with Crippen molar-refractivity contribution in [2.24, 2.45) is 0 Å². The molecule has 2 heterocycles. The molecule has 5 rings (SSSR count). The minimum absolute atomic E-state index is 0.318. The van der Waals surface area contributed by atoms with E-state index >= 15 is 0 Å². The van der Waals surface area contributed by atoms with E-state index < -0.39 is 12.0 Å². The average Bonchev–Trinajstić information content (AvgIpc) is 3.21. The number of fused-ring (bicyclic) bond motifs is 3. The molecule has 0 bridgehead atoms. The number of nitrogens with one attached hydrogen (secondary N) is 2. The quantitative estimate of drug-likeness (QED) is 0.371. The lowest BCUT2D eigenvalue weighted by molar-refractivity contribution is -0.139. The van der Waals surface area contributed by atoms with E-state index in [1.807, 2.05) is 66.7 Å². The number of hydrogen-bond acceptors (Lipinski definition) is 4. The number of H-pyrrole nitrogens is 1. The molecule has 0 amide bonds. The molecule has 33 heavy (non-hydrogen) atoms. The molecule has 0 unspecified atom stereocenters. The molecule has 1 aliphatic rings. The van der Waals surface area contributed by atoms with Crippen LogP contribution in [0.1, 0.15) is 28.4 Å². The predicted octanol–water partition coefficient (Wildman–Crippen LogP) is 5.10. The zero-order valence-corrected chi connectivity index (χ0v) is 18.7. The molecule has 3 N–H and O–H groups in total. The van der Waals surface area contributed by atoms with E-state index in [-0.39, 0.29) is 6.04 Å². The Hall–Kier alpha value is -3.48. The van der Waals surface area contributed by atoms with E-state index in [2.05, 4.69) is 10.3 Å². The fraction of sp³-hybridized carbons (Fsp3) is 0.192. The number of aliphatic carboxylic acids is 1. The van der Waals surface area contributed by atoms with Crippen molar-refractivity contribution in [3.63, 3.8) is 0 Å². The van der Waals surface area contributed by atoms with Gasteiger partial charge in [0, 0.05) is 28.0 Å². The highest BCUT2D eigenvalue weighted by Crippen LogP contribution is 2.38. The number of carboxylic acids is 1. The second-order valence-corrected chi connectivity index (χ2v) is 8.52. The van der Waals surface area contributed by atoms with Crippen LogP contribution in [0.2, 0.25) is 5.02 Å². The topological polar surface area (TPSA) is 83.6 Å². The molecule has 1 aliphatic heterocycles. The second kappa shape index (κ2) is 8.81. The Morgan fingerprint density at radius 1 is 1.09 bits per heavy atom. The van der Waals surface area contributed by atoms with Crippen molar-refractivity contribution in [3.05, 3.63) is 94.1 Å². The molecule has 7 heteroatoms. The molecule has 0 spiro atoms. The molecular weight excluding hydrogens is 440 g/mol. The Morgan fingerprint density at radius 2 is 1.88 bits per heavy atom. The number of rotatable bonds is 6. The number of para-hydroxylation sites is 1. The zero-order chi connectivity index (χ0) is 22.9. The lowest BCUT2D eigenvalue weighted by atomic mass is 9.90. The number of aromatic nitrogens is 1. The van der Waals surface area contributed by atoms with E-state index in [4.69, 9.17) is 21.1 Å². The summed E-state index contributed by atoms with van der Waals surface area (Å²) in [6.07, 6.45) is 0.421. The van der Waals surface area contributed by atoms with E-state index in [0.717, 1.165) is 33.3 Å². The van der Waals surface area contributed by atoms with Gasteiger partial charge in [-0.3, -0.25) is 10.1 Å². The third-order valence-corrected chi connectivity index (χ3v) is 6.29. The SMILES string of the molecule is COc1cc([C@@H]2N[C@H](C(=O)O)Cc3c2[nH]c2ccccc32)ccc1OCc1ccc(Cl)cc1. The maximum Gasteiger partial charge on any atom is 0.321 e. The van der Waals surface area contributed by atoms with Gasteiger partial charge in [-0.15, -0.1) is 0 Å². The lowest BCUT2D eigenvalue weighted by Crippen LogP contribution is -2.44. The van der Waals surface area contributed by atoms with Crippen LogP contribution >= 0.6 is 11.6 Å². The molecule has 6 nitrogen and oxygen atoms in total. The summed E-state index contributed by atoms with van der Waals surface area (Å²) >= 11 is 5.95. The molecule has 0 saturated heterocycles. The highest BCUT2D eigenvalue weighted by Gasteiger charge is 2.34. The van der Waals surface area contributed by atoms with Crippen molar-refractivity contribution in [1.82, 2.24) is 10.3 Å². The summed E-state index contributed by atoms with van der Waals surface area (Å²) in [4.78, 5) is 15.4. The highest BCUT2D eigenvalue weighted by atomic mass is 35.5. The number of hydrogen-bond donors (Lipinski definition) is 3. The van der Waals surface area contributed by atoms with Gasteiger partial charge < -0.3 is 19.6 Å². The minimum Gasteiger partial charge on any atom is -0.493 e. The van der Waals surface area contributed by atoms with Crippen LogP contribution in [-0.2, 0) is 17.8 Å². The number of halogens is 1. The minimum atomic E-state index is -0.870. The monoisotopic (exact) mass is 462 g/mol. The predicted molar refractivity (Wildman–Crippen MR) is 127 cm³/mol. The summed E-state index contributed by atoms with van der Waals surface area (Å²) in [6, 6.07) is 20.2. The Bertz CT molecular complexity index is 1320. The van der Waals surface area contributed by atoms with E-state index in [1.54, 1.807) is 7.11 Å². The van der Waals surface area contributed by atoms with Crippen LogP contribution in [0.15, 0.2) is 66.7 Å². The smallest absolute Gasteiger partial charge is 0.321 e. The van der Waals surface area contributed by atoms with Gasteiger partial charge in [0.2, 0.25) is 0 Å². The Labute approximate surface area is 196 Å². The normalized spacial score (nSPS) is 17.5. The van der Waals surface area contributed by atoms with Gasteiger partial charge in [0.1, 0.15) is 12.6 Å². The van der Waals surface area contributed by atoms with Crippen molar-refractivity contribution < 1.29 is 19.4 Å². The third kappa shape index (κ3) is 4.15. The van der Waals surface area contributed by atoms with Gasteiger partial charge in [-0.05, 0) is 47.0 Å². The summed E-state index contributed by atoms with van der Waals surface area (Å²) in [6.45, 7) is 0.377. The first-order valence-electron chi connectivity index (χ1n) is 10.7. The number of carboxylic acid groups (broad SMARTS) is 1. The van der Waals surface area contributed by atoms with Gasteiger partial charge in [0.25, 0.3) is 0 Å². The fourth-order valence-electron chi connectivity index (χ4n) is 4.38. The number of methoxy groups -OCH3 is 1. The van der Waals surface area contributed by atoms with Gasteiger partial charge >= 0.3 is 5.97 Å². The van der Waals surface area contributed by atoms with Crippen molar-refractivity contribution in [2.75, 3.05) is 7.11 Å². The number of carbonyl (C=O) groups is 1. The van der Waals surface area contributed by atoms with E-state index in [9.17, 15) is 9.90 Å². The summed E-state index contributed by atoms with van der Waals surface area (Å²) < 4.78 is 11.6. The average molecular weight is 463 g/mol. The van der Waals surface area contributed by atoms with Gasteiger partial charge in [-0.2, -0.15) is 0 Å². The van der Waals surface area contributed by atoms with Crippen LogP contribution in [0.5, 0.6) is 11.5 Å². The number of ether oxygens (including phenoxy) is 2. The van der Waals surface area contributed by atoms with E-state index in [1.165, 1.54) is 0 Å². The molecule has 0 radical (unpaired) electrons. The van der Waals surface area contributed by atoms with Crippen LogP contribution < -0.4 is 14.8 Å². The van der Waals surface area contributed by atoms with Gasteiger partial charge in [0.15, 0.2) is 11.5 Å². The molecule has 2 atom stereocenters. The lowest BCUT2D eigenvalue weighted by Gasteiger charge is -2.30. The summed E-state index contributed by atoms with van der Waals surface area (Å²) in [5.41, 5.74) is 4.89. The molecule has 1 aromatic heterocycles. The molecule has 0 fully saturated rings. The fourth-order valence-corrected chi connectivity index (χ4v) is 4.51. The van der Waals surface area contributed by atoms with Crippen molar-refractivity contribution in [1.29, 1.82) is 0 Å². The zero-order valence-electron chi connectivity index (χ0n) is 18.0. The summed E-state index contributed by atoms with van der Waals surface area (Å²) in [7, 11) is 1.59. The van der Waals surface area contributed by atoms with Crippen LogP contribution in [0.4, 0.5) is 0 Å². The van der Waals surface area contributed by atoms with Gasteiger partial charge in [0.05, 0.1) is 13.2 Å². The van der Waals surface area contributed by atoms with Crippen LogP contribution in [0, 0.1) is 0 Å². The molecule has 168 valence electrons. The number of benzene rings is 3. The van der Waals surface area contributed by atoms with Crippen molar-refractivity contribution in [2.45, 2.75) is 25.1 Å². The van der Waals surface area contributed by atoms with E-state index in [0.29, 0.717) is 29.5 Å². The first kappa shape index (κ1) is 21.4. The molecular formula is C26H23ClN2O4. The maximum atomic E-state index is 11.9. The first-order valence-corrected chi connectivity index (χ1v) is 11.0. The molecule has 4 aromatic rings. The molecule has 3 aromatic carbocycles. The Balaban J connectivity index is 1.48. The Morgan fingerprint density at radius 3 is 2.64 bits per heavy atom. The Kier molecular flexibility index (Phi) is 5.70. The maximum absolute atomic E-state index is 11.9. The van der Waals surface area contributed by atoms with Crippen molar-refractivity contribution >= 4 is 28.5 Å². The van der Waals surface area contributed by atoms with Crippen LogP contribution in [0.25, 0.3) is 10.9 Å². The van der Waals surface area contributed by atoms with Gasteiger partial charge in [-0.25, -0.2) is 0 Å². The largest absolute Gasteiger partial charge is 0.493 e. The standard InChI is InChI=1S/C26H23ClN2O4/c1-32-23-12-16(8-11-22(23)33-14-15-6-9-17(27)10-7-15)24-25-19(13-21(29-24)26(30)31)18-4-2-3-5-20(18)28-25/h2-12,21,24,28-29H,13-14H2,1H3,(H,30,31)/t21-,24-/m0/s1. The van der Waals surface area contributed by atoms with Gasteiger partial charge in [-0.1, -0.05) is 48.0 Å². The third-order valence-electron chi connectivity index (χ3n) is 6.04. The molecule has 0 aliphatic carbocycles. The summed E-state index contributed by atoms with van der Waals surface area (Å²) in [5.74, 6) is 0.322. The molecule has 0 saturated carbocycles. The first-order chi connectivity index (χ1) is 16.0. The second-order valence-electron chi connectivity index (χ2n) is 8.08.